The Hall–Kier alpha value is -2.96. The number of rotatable bonds is 6. The zero-order chi connectivity index (χ0) is 23.1. The van der Waals surface area contributed by atoms with E-state index in [9.17, 15) is 30.4 Å². The highest BCUT2D eigenvalue weighted by molar-refractivity contribution is 7.90. The summed E-state index contributed by atoms with van der Waals surface area (Å²) in [6.45, 7) is 1.38. The zero-order valence-electron chi connectivity index (χ0n) is 16.4. The molecule has 0 N–H and O–H groups in total. The van der Waals surface area contributed by atoms with Crippen molar-refractivity contribution in [2.75, 3.05) is 13.4 Å². The lowest BCUT2D eigenvalue weighted by atomic mass is 10.2. The summed E-state index contributed by atoms with van der Waals surface area (Å²) in [5.41, 5.74) is -0.169. The number of alkyl halides is 3. The van der Waals surface area contributed by atoms with Crippen LogP contribution in [-0.4, -0.2) is 42.7 Å². The fourth-order valence-electron chi connectivity index (χ4n) is 2.83. The quantitative estimate of drug-likeness (QED) is 0.511. The fourth-order valence-corrected chi connectivity index (χ4v) is 3.72. The number of hydrogen-bond donors (Lipinski definition) is 0. The summed E-state index contributed by atoms with van der Waals surface area (Å²) in [7, 11) is -2.50. The van der Waals surface area contributed by atoms with E-state index >= 15 is 0 Å². The third-order valence-corrected chi connectivity index (χ3v) is 5.43. The molecule has 3 aromatic rings. The van der Waals surface area contributed by atoms with Gasteiger partial charge in [-0.05, 0) is 6.92 Å². The molecule has 0 aliphatic rings. The van der Waals surface area contributed by atoms with Gasteiger partial charge in [-0.3, -0.25) is 0 Å². The van der Waals surface area contributed by atoms with Crippen LogP contribution in [0.3, 0.4) is 0 Å². The summed E-state index contributed by atoms with van der Waals surface area (Å²) >= 11 is 0. The topological polar surface area (TPSA) is 87.2 Å². The minimum atomic E-state index is -4.48. The first-order valence-electron chi connectivity index (χ1n) is 8.67. The normalized spacial score (nSPS) is 12.4. The van der Waals surface area contributed by atoms with E-state index in [1.807, 2.05) is 0 Å². The van der Waals surface area contributed by atoms with Crippen molar-refractivity contribution in [3.05, 3.63) is 41.4 Å². The van der Waals surface area contributed by atoms with Crippen LogP contribution in [0.1, 0.15) is 18.0 Å². The van der Waals surface area contributed by atoms with Crippen molar-refractivity contribution in [3.63, 3.8) is 0 Å². The molecule has 0 radical (unpaired) electrons. The Morgan fingerprint density at radius 3 is 2.35 bits per heavy atom. The number of ether oxygens (including phenoxy) is 1. The number of furan rings is 1. The van der Waals surface area contributed by atoms with Crippen molar-refractivity contribution in [1.29, 1.82) is 0 Å². The van der Waals surface area contributed by atoms with E-state index in [-0.39, 0.29) is 39.5 Å². The van der Waals surface area contributed by atoms with Crippen LogP contribution < -0.4 is 4.74 Å². The molecule has 0 atom stereocenters. The van der Waals surface area contributed by atoms with Gasteiger partial charge >= 0.3 is 6.18 Å². The number of sulfone groups is 1. The Kier molecular flexibility index (Phi) is 5.82. The van der Waals surface area contributed by atoms with Crippen LogP contribution in [0.2, 0.25) is 0 Å². The molecular formula is C18H16F5N3O4S. The lowest BCUT2D eigenvalue weighted by molar-refractivity contribution is -0.134. The van der Waals surface area contributed by atoms with Crippen molar-refractivity contribution in [3.8, 4) is 23.0 Å². The molecule has 2 heterocycles. The molecule has 3 rings (SSSR count). The van der Waals surface area contributed by atoms with Gasteiger partial charge in [0.25, 0.3) is 0 Å². The Morgan fingerprint density at radius 2 is 1.81 bits per heavy atom. The van der Waals surface area contributed by atoms with Crippen LogP contribution in [0, 0.1) is 18.6 Å². The number of halogens is 5. The molecule has 0 aliphatic heterocycles. The molecular weight excluding hydrogens is 449 g/mol. The van der Waals surface area contributed by atoms with Gasteiger partial charge in [0.05, 0.1) is 13.5 Å². The Morgan fingerprint density at radius 1 is 1.16 bits per heavy atom. The van der Waals surface area contributed by atoms with Gasteiger partial charge in [0.1, 0.15) is 22.1 Å². The number of aromatic nitrogens is 3. The van der Waals surface area contributed by atoms with E-state index < -0.39 is 40.5 Å². The van der Waals surface area contributed by atoms with Gasteiger partial charge in [0, 0.05) is 30.9 Å². The number of hydrogen-bond acceptors (Lipinski definition) is 6. The van der Waals surface area contributed by atoms with Gasteiger partial charge < -0.3 is 9.15 Å². The molecule has 0 fully saturated rings. The number of nitrogens with zero attached hydrogens (tertiary/aromatic N) is 3. The summed E-state index contributed by atoms with van der Waals surface area (Å²) in [4.78, 5) is 3.85. The maximum atomic E-state index is 13.9. The molecule has 13 heteroatoms. The van der Waals surface area contributed by atoms with Gasteiger partial charge in [0.2, 0.25) is 0 Å². The number of methoxy groups -OCH3 is 1. The smallest absolute Gasteiger partial charge is 0.389 e. The van der Waals surface area contributed by atoms with Crippen LogP contribution in [0.5, 0.6) is 5.75 Å². The molecule has 0 amide bonds. The lowest BCUT2D eigenvalue weighted by Gasteiger charge is -2.10. The summed E-state index contributed by atoms with van der Waals surface area (Å²) < 4.78 is 101. The second-order valence-electron chi connectivity index (χ2n) is 6.62. The second kappa shape index (κ2) is 7.94. The SMILES string of the molecule is COc1cc(F)c(F)cc1-n1nc(CCC(F)(F)F)nc1-c1cc(S(C)(=O)=O)c(C)o1. The van der Waals surface area contributed by atoms with Gasteiger partial charge in [-0.1, -0.05) is 0 Å². The van der Waals surface area contributed by atoms with E-state index in [2.05, 4.69) is 10.1 Å². The van der Waals surface area contributed by atoms with E-state index in [1.165, 1.54) is 14.0 Å². The maximum Gasteiger partial charge on any atom is 0.389 e. The fraction of sp³-hybridized carbons (Fsp3) is 0.333. The second-order valence-corrected chi connectivity index (χ2v) is 8.60. The van der Waals surface area contributed by atoms with Crippen LogP contribution in [0.25, 0.3) is 17.3 Å². The molecule has 0 aliphatic carbocycles. The Bertz CT molecular complexity index is 1230. The average molecular weight is 465 g/mol. The lowest BCUT2D eigenvalue weighted by Crippen LogP contribution is -2.09. The predicted octanol–water partition coefficient (Wildman–Crippen LogP) is 4.02. The Balaban J connectivity index is 2.21. The highest BCUT2D eigenvalue weighted by Crippen LogP contribution is 2.33. The molecule has 0 unspecified atom stereocenters. The zero-order valence-corrected chi connectivity index (χ0v) is 17.2. The average Bonchev–Trinajstić information content (AvgIpc) is 3.24. The number of benzene rings is 1. The van der Waals surface area contributed by atoms with E-state index in [1.54, 1.807) is 0 Å². The standard InChI is InChI=1S/C18H16F5N3O4S/c1-9-15(31(3,27)28)8-14(30-9)17-24-16(4-5-18(21,22)23)25-26(17)12-6-10(19)11(20)7-13(12)29-2/h6-8H,4-5H2,1-3H3. The van der Waals surface area contributed by atoms with Crippen molar-refractivity contribution in [2.24, 2.45) is 0 Å². The minimum Gasteiger partial charge on any atom is -0.494 e. The summed E-state index contributed by atoms with van der Waals surface area (Å²) in [5.74, 6) is -3.27. The monoisotopic (exact) mass is 465 g/mol. The molecule has 0 spiro atoms. The number of aryl methyl sites for hydroxylation is 2. The van der Waals surface area contributed by atoms with Crippen molar-refractivity contribution in [1.82, 2.24) is 14.8 Å². The van der Waals surface area contributed by atoms with Gasteiger partial charge in [-0.2, -0.15) is 18.3 Å². The largest absolute Gasteiger partial charge is 0.494 e. The van der Waals surface area contributed by atoms with Crippen molar-refractivity contribution < 1.29 is 39.5 Å². The maximum absolute atomic E-state index is 13.9. The molecule has 1 aromatic carbocycles. The highest BCUT2D eigenvalue weighted by Gasteiger charge is 2.29. The molecule has 0 bridgehead atoms. The molecule has 7 nitrogen and oxygen atoms in total. The summed E-state index contributed by atoms with van der Waals surface area (Å²) in [6.07, 6.45) is -5.35. The first-order valence-corrected chi connectivity index (χ1v) is 10.6. The highest BCUT2D eigenvalue weighted by atomic mass is 32.2. The van der Waals surface area contributed by atoms with E-state index in [4.69, 9.17) is 9.15 Å². The molecule has 0 saturated carbocycles. The molecule has 168 valence electrons. The van der Waals surface area contributed by atoms with E-state index in [0.29, 0.717) is 0 Å². The third kappa shape index (κ3) is 4.86. The summed E-state index contributed by atoms with van der Waals surface area (Å²) in [6, 6.07) is 2.60. The first kappa shape index (κ1) is 22.7. The first-order chi connectivity index (χ1) is 14.3. The van der Waals surface area contributed by atoms with Crippen LogP contribution >= 0.6 is 0 Å². The van der Waals surface area contributed by atoms with Gasteiger partial charge in [-0.15, -0.1) is 0 Å². The van der Waals surface area contributed by atoms with Gasteiger partial charge in [-0.25, -0.2) is 26.9 Å². The molecule has 31 heavy (non-hydrogen) atoms. The molecule has 0 saturated heterocycles. The van der Waals surface area contributed by atoms with Crippen LogP contribution in [0.15, 0.2) is 27.5 Å². The molecule has 2 aromatic heterocycles. The van der Waals surface area contributed by atoms with E-state index in [0.717, 1.165) is 29.1 Å². The summed E-state index contributed by atoms with van der Waals surface area (Å²) in [5, 5.41) is 3.97. The predicted molar refractivity (Wildman–Crippen MR) is 97.8 cm³/mol. The van der Waals surface area contributed by atoms with Crippen LogP contribution in [0.4, 0.5) is 22.0 Å². The third-order valence-electron chi connectivity index (χ3n) is 4.23. The van der Waals surface area contributed by atoms with Crippen molar-refractivity contribution in [2.45, 2.75) is 30.8 Å². The van der Waals surface area contributed by atoms with Crippen LogP contribution in [-0.2, 0) is 16.3 Å². The minimum absolute atomic E-state index is 0.0149. The van der Waals surface area contributed by atoms with Gasteiger partial charge in [0.15, 0.2) is 38.9 Å². The van der Waals surface area contributed by atoms with Crippen molar-refractivity contribution >= 4 is 9.84 Å². The Labute approximate surface area is 173 Å².